The fourth-order valence-electron chi connectivity index (χ4n) is 3.25. The van der Waals surface area contributed by atoms with Gasteiger partial charge in [-0.3, -0.25) is 5.10 Å². The number of methoxy groups -OCH3 is 3. The average molecular weight is 390 g/mol. The number of ether oxygens (including phenoxy) is 3. The molecule has 2 aromatic heterocycles. The molecule has 2 N–H and O–H groups in total. The van der Waals surface area contributed by atoms with E-state index >= 15 is 0 Å². The molecule has 0 aliphatic heterocycles. The van der Waals surface area contributed by atoms with Crippen LogP contribution in [-0.4, -0.2) is 36.5 Å². The van der Waals surface area contributed by atoms with Crippen LogP contribution in [0.4, 0.5) is 11.6 Å². The van der Waals surface area contributed by atoms with Crippen LogP contribution in [0.25, 0.3) is 22.0 Å². The third kappa shape index (κ3) is 3.67. The van der Waals surface area contributed by atoms with Gasteiger partial charge in [-0.1, -0.05) is 12.1 Å². The van der Waals surface area contributed by atoms with Crippen molar-refractivity contribution in [1.82, 2.24) is 15.2 Å². The van der Waals surface area contributed by atoms with Crippen molar-refractivity contribution in [3.05, 3.63) is 54.2 Å². The van der Waals surface area contributed by atoms with Gasteiger partial charge in [-0.15, -0.1) is 0 Å². The second kappa shape index (κ2) is 7.71. The van der Waals surface area contributed by atoms with Crippen molar-refractivity contribution in [1.29, 1.82) is 0 Å². The molecule has 2 heterocycles. The highest BCUT2D eigenvalue weighted by atomic mass is 16.5. The van der Waals surface area contributed by atoms with Crippen LogP contribution in [0.5, 0.6) is 17.2 Å². The molecule has 0 fully saturated rings. The molecule has 2 aromatic carbocycles. The minimum Gasteiger partial charge on any atom is -0.497 e. The molecule has 0 saturated carbocycles. The third-order valence-electron chi connectivity index (χ3n) is 4.64. The van der Waals surface area contributed by atoms with E-state index in [-0.39, 0.29) is 0 Å². The predicted molar refractivity (Wildman–Crippen MR) is 113 cm³/mol. The summed E-state index contributed by atoms with van der Waals surface area (Å²) in [5, 5.41) is 12.3. The number of H-pyrrole nitrogens is 1. The van der Waals surface area contributed by atoms with E-state index in [9.17, 15) is 0 Å². The van der Waals surface area contributed by atoms with Crippen LogP contribution in [0.1, 0.15) is 5.69 Å². The van der Waals surface area contributed by atoms with Crippen LogP contribution < -0.4 is 19.5 Å². The second-order valence-electron chi connectivity index (χ2n) is 6.58. The van der Waals surface area contributed by atoms with Gasteiger partial charge in [0.25, 0.3) is 0 Å². The number of fused-ring (bicyclic) bond motifs is 1. The largest absolute Gasteiger partial charge is 0.497 e. The van der Waals surface area contributed by atoms with Crippen LogP contribution in [-0.2, 0) is 0 Å². The number of hydrogen-bond acceptors (Lipinski definition) is 6. The Bertz CT molecular complexity index is 1170. The van der Waals surface area contributed by atoms with Crippen LogP contribution in [0.3, 0.4) is 0 Å². The fourth-order valence-corrected chi connectivity index (χ4v) is 3.25. The molecule has 0 bridgehead atoms. The number of aromatic nitrogens is 3. The molecule has 0 spiro atoms. The maximum Gasteiger partial charge on any atom is 0.161 e. The quantitative estimate of drug-likeness (QED) is 0.497. The van der Waals surface area contributed by atoms with E-state index in [0.717, 1.165) is 33.5 Å². The number of nitrogens with one attached hydrogen (secondary N) is 2. The molecule has 0 aliphatic rings. The van der Waals surface area contributed by atoms with Crippen molar-refractivity contribution < 1.29 is 14.2 Å². The first-order valence-electron chi connectivity index (χ1n) is 9.11. The zero-order valence-corrected chi connectivity index (χ0v) is 16.7. The summed E-state index contributed by atoms with van der Waals surface area (Å²) in [7, 11) is 4.90. The number of nitrogens with zero attached hydrogens (tertiary/aromatic N) is 2. The van der Waals surface area contributed by atoms with Crippen LogP contribution in [0, 0.1) is 6.92 Å². The van der Waals surface area contributed by atoms with E-state index in [1.165, 1.54) is 0 Å². The highest BCUT2D eigenvalue weighted by molar-refractivity contribution is 5.98. The SMILES string of the molecule is COc1cccc(-c2nc(Nc3cc(C)[nH]n3)cc3cc(OC)c(OC)cc23)c1. The standard InChI is InChI=1S/C22H22N4O3/c1-13-8-21(26-25-13)23-20-11-15-10-18(28-3)19(29-4)12-17(15)22(24-20)14-6-5-7-16(9-14)27-2/h5-12H,1-4H3,(H2,23,24,25,26). The molecule has 4 aromatic rings. The summed E-state index contributed by atoms with van der Waals surface area (Å²) in [6.45, 7) is 1.95. The van der Waals surface area contributed by atoms with Gasteiger partial charge >= 0.3 is 0 Å². The Labute approximate surface area is 168 Å². The summed E-state index contributed by atoms with van der Waals surface area (Å²) in [4.78, 5) is 4.87. The maximum absolute atomic E-state index is 5.50. The van der Waals surface area contributed by atoms with E-state index < -0.39 is 0 Å². The van der Waals surface area contributed by atoms with E-state index in [1.54, 1.807) is 21.3 Å². The fraction of sp³-hybridized carbons (Fsp3) is 0.182. The average Bonchev–Trinajstić information content (AvgIpc) is 3.16. The lowest BCUT2D eigenvalue weighted by Gasteiger charge is -2.14. The van der Waals surface area contributed by atoms with Gasteiger partial charge in [0.05, 0.1) is 27.0 Å². The van der Waals surface area contributed by atoms with E-state index in [0.29, 0.717) is 23.1 Å². The Morgan fingerprint density at radius 3 is 2.34 bits per heavy atom. The molecule has 7 nitrogen and oxygen atoms in total. The summed E-state index contributed by atoms with van der Waals surface area (Å²) in [5.41, 5.74) is 2.70. The molecule has 0 saturated heterocycles. The number of aryl methyl sites for hydroxylation is 1. The van der Waals surface area contributed by atoms with Gasteiger partial charge < -0.3 is 19.5 Å². The van der Waals surface area contributed by atoms with Crippen molar-refractivity contribution in [3.8, 4) is 28.5 Å². The monoisotopic (exact) mass is 390 g/mol. The first kappa shape index (κ1) is 18.6. The van der Waals surface area contributed by atoms with Crippen LogP contribution in [0.2, 0.25) is 0 Å². The van der Waals surface area contributed by atoms with Crippen molar-refractivity contribution in [2.75, 3.05) is 26.6 Å². The Hall–Kier alpha value is -3.74. The lowest BCUT2D eigenvalue weighted by Crippen LogP contribution is -1.98. The maximum atomic E-state index is 5.50. The minimum absolute atomic E-state index is 0.648. The number of hydrogen-bond donors (Lipinski definition) is 2. The molecule has 0 amide bonds. The van der Waals surface area contributed by atoms with Crippen LogP contribution in [0.15, 0.2) is 48.5 Å². The van der Waals surface area contributed by atoms with Crippen molar-refractivity contribution in [2.45, 2.75) is 6.92 Å². The number of aromatic amines is 1. The topological polar surface area (TPSA) is 81.3 Å². The molecular weight excluding hydrogens is 368 g/mol. The smallest absolute Gasteiger partial charge is 0.161 e. The van der Waals surface area contributed by atoms with Crippen LogP contribution >= 0.6 is 0 Å². The molecule has 4 rings (SSSR count). The number of pyridine rings is 1. The van der Waals surface area contributed by atoms with Gasteiger partial charge in [0.2, 0.25) is 0 Å². The van der Waals surface area contributed by atoms with E-state index in [2.05, 4.69) is 15.5 Å². The first-order valence-corrected chi connectivity index (χ1v) is 9.11. The Kier molecular flexibility index (Phi) is 4.95. The van der Waals surface area contributed by atoms with Crippen molar-refractivity contribution >= 4 is 22.4 Å². The lowest BCUT2D eigenvalue weighted by atomic mass is 10.0. The van der Waals surface area contributed by atoms with Crippen molar-refractivity contribution in [3.63, 3.8) is 0 Å². The zero-order valence-electron chi connectivity index (χ0n) is 16.7. The van der Waals surface area contributed by atoms with Gasteiger partial charge in [-0.2, -0.15) is 5.10 Å². The van der Waals surface area contributed by atoms with E-state index in [1.807, 2.05) is 55.5 Å². The molecule has 29 heavy (non-hydrogen) atoms. The van der Waals surface area contributed by atoms with E-state index in [4.69, 9.17) is 19.2 Å². The van der Waals surface area contributed by atoms with Gasteiger partial charge in [0.15, 0.2) is 17.3 Å². The summed E-state index contributed by atoms with van der Waals surface area (Å²) in [6, 6.07) is 15.6. The Morgan fingerprint density at radius 2 is 1.66 bits per heavy atom. The molecule has 148 valence electrons. The number of benzene rings is 2. The summed E-state index contributed by atoms with van der Waals surface area (Å²) >= 11 is 0. The molecule has 0 unspecified atom stereocenters. The minimum atomic E-state index is 0.648. The number of rotatable bonds is 6. The van der Waals surface area contributed by atoms with Gasteiger partial charge in [0.1, 0.15) is 11.6 Å². The Morgan fingerprint density at radius 1 is 0.862 bits per heavy atom. The summed E-state index contributed by atoms with van der Waals surface area (Å²) in [5.74, 6) is 3.44. The summed E-state index contributed by atoms with van der Waals surface area (Å²) < 4.78 is 16.4. The molecule has 7 heteroatoms. The number of anilines is 2. The second-order valence-corrected chi connectivity index (χ2v) is 6.58. The van der Waals surface area contributed by atoms with Gasteiger partial charge in [-0.05, 0) is 42.6 Å². The van der Waals surface area contributed by atoms with Gasteiger partial charge in [0, 0.05) is 22.7 Å². The zero-order chi connectivity index (χ0) is 20.4. The Balaban J connectivity index is 1.93. The predicted octanol–water partition coefficient (Wildman–Crippen LogP) is 4.70. The molecule has 0 aliphatic carbocycles. The molecular formula is C22H22N4O3. The lowest BCUT2D eigenvalue weighted by molar-refractivity contribution is 0.356. The first-order chi connectivity index (χ1) is 14.1. The van der Waals surface area contributed by atoms with Crippen molar-refractivity contribution in [2.24, 2.45) is 0 Å². The normalized spacial score (nSPS) is 10.8. The summed E-state index contributed by atoms with van der Waals surface area (Å²) in [6.07, 6.45) is 0. The highest BCUT2D eigenvalue weighted by Gasteiger charge is 2.14. The molecule has 0 radical (unpaired) electrons. The third-order valence-corrected chi connectivity index (χ3v) is 4.64. The highest BCUT2D eigenvalue weighted by Crippen LogP contribution is 2.38. The van der Waals surface area contributed by atoms with Gasteiger partial charge in [-0.25, -0.2) is 4.98 Å². The molecule has 0 atom stereocenters.